The van der Waals surface area contributed by atoms with Gasteiger partial charge in [0.15, 0.2) is 5.13 Å². The van der Waals surface area contributed by atoms with Gasteiger partial charge < -0.3 is 5.73 Å². The Kier molecular flexibility index (Phi) is 4.40. The molecule has 0 unspecified atom stereocenters. The van der Waals surface area contributed by atoms with Crippen LogP contribution in [0.15, 0.2) is 5.38 Å². The summed E-state index contributed by atoms with van der Waals surface area (Å²) in [6.07, 6.45) is 5.12. The van der Waals surface area contributed by atoms with Crippen LogP contribution in [0.2, 0.25) is 0 Å². The topological polar surface area (TPSA) is 42.1 Å². The molecule has 0 spiro atoms. The fourth-order valence-electron chi connectivity index (χ4n) is 2.04. The van der Waals surface area contributed by atoms with E-state index in [0.717, 1.165) is 30.6 Å². The summed E-state index contributed by atoms with van der Waals surface area (Å²) < 4.78 is 0. The number of anilines is 1. The Morgan fingerprint density at radius 2 is 2.24 bits per heavy atom. The van der Waals surface area contributed by atoms with Gasteiger partial charge in [-0.25, -0.2) is 4.98 Å². The number of rotatable bonds is 7. The molecule has 2 N–H and O–H groups in total. The zero-order valence-corrected chi connectivity index (χ0v) is 11.7. The van der Waals surface area contributed by atoms with Crippen molar-refractivity contribution in [2.24, 2.45) is 5.92 Å². The monoisotopic (exact) mass is 253 g/mol. The zero-order valence-electron chi connectivity index (χ0n) is 10.9. The van der Waals surface area contributed by atoms with Crippen molar-refractivity contribution in [1.29, 1.82) is 0 Å². The van der Waals surface area contributed by atoms with Gasteiger partial charge in [-0.3, -0.25) is 4.90 Å². The highest BCUT2D eigenvalue weighted by Gasteiger charge is 2.28. The number of aromatic nitrogens is 1. The van der Waals surface area contributed by atoms with Gasteiger partial charge >= 0.3 is 0 Å². The van der Waals surface area contributed by atoms with Crippen LogP contribution in [0.5, 0.6) is 0 Å². The van der Waals surface area contributed by atoms with Gasteiger partial charge in [0, 0.05) is 24.4 Å². The van der Waals surface area contributed by atoms with Crippen molar-refractivity contribution in [3.63, 3.8) is 0 Å². The largest absolute Gasteiger partial charge is 0.375 e. The van der Waals surface area contributed by atoms with Crippen molar-refractivity contribution < 1.29 is 0 Å². The van der Waals surface area contributed by atoms with E-state index in [1.807, 2.05) is 0 Å². The standard InChI is InChI=1S/C13H23N3S/c1-10(2)5-7-16(12-3-4-12)8-6-11-9-17-13(14)15-11/h9-10,12H,3-8H2,1-2H3,(H2,14,15). The maximum Gasteiger partial charge on any atom is 0.180 e. The molecular formula is C13H23N3S. The summed E-state index contributed by atoms with van der Waals surface area (Å²) in [4.78, 5) is 6.96. The quantitative estimate of drug-likeness (QED) is 0.812. The lowest BCUT2D eigenvalue weighted by Gasteiger charge is -2.22. The second-order valence-corrected chi connectivity index (χ2v) is 6.27. The SMILES string of the molecule is CC(C)CCN(CCc1csc(N)n1)C1CC1. The molecule has 2 rings (SSSR count). The molecule has 0 radical (unpaired) electrons. The minimum atomic E-state index is 0.695. The Bertz CT molecular complexity index is 344. The van der Waals surface area contributed by atoms with Crippen molar-refractivity contribution in [3.05, 3.63) is 11.1 Å². The molecule has 0 atom stereocenters. The van der Waals surface area contributed by atoms with Crippen molar-refractivity contribution in [3.8, 4) is 0 Å². The van der Waals surface area contributed by atoms with E-state index < -0.39 is 0 Å². The predicted molar refractivity (Wildman–Crippen MR) is 74.3 cm³/mol. The number of nitrogen functional groups attached to an aromatic ring is 1. The van der Waals surface area contributed by atoms with Crippen LogP contribution in [-0.4, -0.2) is 29.0 Å². The molecular weight excluding hydrogens is 230 g/mol. The lowest BCUT2D eigenvalue weighted by Crippen LogP contribution is -2.30. The number of hydrogen-bond donors (Lipinski definition) is 1. The van der Waals surface area contributed by atoms with E-state index in [9.17, 15) is 0 Å². The summed E-state index contributed by atoms with van der Waals surface area (Å²) in [5.74, 6) is 0.797. The highest BCUT2D eigenvalue weighted by Crippen LogP contribution is 2.27. The molecule has 0 aliphatic heterocycles. The molecule has 3 nitrogen and oxygen atoms in total. The smallest absolute Gasteiger partial charge is 0.180 e. The summed E-state index contributed by atoms with van der Waals surface area (Å²) in [6, 6.07) is 0.852. The molecule has 1 aromatic heterocycles. The van der Waals surface area contributed by atoms with Crippen LogP contribution in [0.3, 0.4) is 0 Å². The molecule has 1 aliphatic carbocycles. The van der Waals surface area contributed by atoms with Gasteiger partial charge in [0.2, 0.25) is 0 Å². The number of nitrogens with zero attached hydrogens (tertiary/aromatic N) is 2. The molecule has 1 saturated carbocycles. The fourth-order valence-corrected chi connectivity index (χ4v) is 2.63. The Hall–Kier alpha value is -0.610. The Morgan fingerprint density at radius 1 is 1.47 bits per heavy atom. The molecule has 96 valence electrons. The van der Waals surface area contributed by atoms with Gasteiger partial charge in [0.1, 0.15) is 0 Å². The normalized spacial score (nSPS) is 16.0. The van der Waals surface area contributed by atoms with Crippen molar-refractivity contribution in [2.75, 3.05) is 18.8 Å². The summed E-state index contributed by atoms with van der Waals surface area (Å²) in [6.45, 7) is 6.97. The molecule has 1 aliphatic rings. The second kappa shape index (κ2) is 5.83. The van der Waals surface area contributed by atoms with E-state index in [1.165, 1.54) is 25.8 Å². The summed E-state index contributed by atoms with van der Waals surface area (Å²) >= 11 is 1.55. The number of thiazole rings is 1. The molecule has 0 aromatic carbocycles. The third-order valence-corrected chi connectivity index (χ3v) is 4.00. The summed E-state index contributed by atoms with van der Waals surface area (Å²) in [7, 11) is 0. The third-order valence-electron chi connectivity index (χ3n) is 3.28. The molecule has 0 amide bonds. The molecule has 17 heavy (non-hydrogen) atoms. The first-order chi connectivity index (χ1) is 8.15. The Balaban J connectivity index is 1.77. The molecule has 4 heteroatoms. The highest BCUT2D eigenvalue weighted by molar-refractivity contribution is 7.13. The molecule has 1 heterocycles. The van der Waals surface area contributed by atoms with E-state index in [-0.39, 0.29) is 0 Å². The Labute approximate surface area is 108 Å². The molecule has 1 fully saturated rings. The fraction of sp³-hybridized carbons (Fsp3) is 0.769. The van der Waals surface area contributed by atoms with Gasteiger partial charge in [-0.15, -0.1) is 11.3 Å². The van der Waals surface area contributed by atoms with Crippen molar-refractivity contribution >= 4 is 16.5 Å². The predicted octanol–water partition coefficient (Wildman–Crippen LogP) is 2.78. The van der Waals surface area contributed by atoms with Crippen LogP contribution < -0.4 is 5.73 Å². The number of hydrogen-bond acceptors (Lipinski definition) is 4. The highest BCUT2D eigenvalue weighted by atomic mass is 32.1. The van der Waals surface area contributed by atoms with Crippen LogP contribution >= 0.6 is 11.3 Å². The van der Waals surface area contributed by atoms with Crippen LogP contribution in [-0.2, 0) is 6.42 Å². The first-order valence-electron chi connectivity index (χ1n) is 6.59. The average Bonchev–Trinajstić information content (AvgIpc) is 3.02. The van der Waals surface area contributed by atoms with Gasteiger partial charge in [0.25, 0.3) is 0 Å². The first-order valence-corrected chi connectivity index (χ1v) is 7.47. The van der Waals surface area contributed by atoms with Gasteiger partial charge in [-0.2, -0.15) is 0 Å². The second-order valence-electron chi connectivity index (χ2n) is 5.38. The van der Waals surface area contributed by atoms with Crippen molar-refractivity contribution in [2.45, 2.75) is 45.6 Å². The zero-order chi connectivity index (χ0) is 12.3. The number of nitrogens with two attached hydrogens (primary N) is 1. The molecule has 1 aromatic rings. The van der Waals surface area contributed by atoms with Crippen LogP contribution in [0.25, 0.3) is 0 Å². The van der Waals surface area contributed by atoms with E-state index in [4.69, 9.17) is 5.73 Å². The summed E-state index contributed by atoms with van der Waals surface area (Å²) in [5, 5.41) is 2.78. The summed E-state index contributed by atoms with van der Waals surface area (Å²) in [5.41, 5.74) is 6.80. The van der Waals surface area contributed by atoms with Crippen LogP contribution in [0, 0.1) is 5.92 Å². The minimum Gasteiger partial charge on any atom is -0.375 e. The van der Waals surface area contributed by atoms with Crippen LogP contribution in [0.1, 0.15) is 38.8 Å². The lowest BCUT2D eigenvalue weighted by atomic mass is 10.1. The molecule has 0 bridgehead atoms. The van der Waals surface area contributed by atoms with Gasteiger partial charge in [-0.1, -0.05) is 13.8 Å². The van der Waals surface area contributed by atoms with E-state index in [1.54, 1.807) is 11.3 Å². The third kappa shape index (κ3) is 4.28. The van der Waals surface area contributed by atoms with Crippen LogP contribution in [0.4, 0.5) is 5.13 Å². The van der Waals surface area contributed by atoms with E-state index in [2.05, 4.69) is 29.1 Å². The average molecular weight is 253 g/mol. The maximum atomic E-state index is 5.65. The Morgan fingerprint density at radius 3 is 2.76 bits per heavy atom. The van der Waals surface area contributed by atoms with E-state index >= 15 is 0 Å². The maximum absolute atomic E-state index is 5.65. The van der Waals surface area contributed by atoms with E-state index in [0.29, 0.717) is 5.13 Å². The van der Waals surface area contributed by atoms with Gasteiger partial charge in [-0.05, 0) is 31.7 Å². The minimum absolute atomic E-state index is 0.695. The first kappa shape index (κ1) is 12.8. The molecule has 0 saturated heterocycles. The lowest BCUT2D eigenvalue weighted by molar-refractivity contribution is 0.250. The van der Waals surface area contributed by atoms with Crippen molar-refractivity contribution in [1.82, 2.24) is 9.88 Å². The van der Waals surface area contributed by atoms with Gasteiger partial charge in [0.05, 0.1) is 5.69 Å².